The number of ether oxygens (including phenoxy) is 1. The number of hydrogen-bond donors (Lipinski definition) is 0. The summed E-state index contributed by atoms with van der Waals surface area (Å²) in [5.41, 5.74) is 0.539. The Labute approximate surface area is 122 Å². The van der Waals surface area contributed by atoms with Gasteiger partial charge in [0.2, 0.25) is 5.76 Å². The van der Waals surface area contributed by atoms with Crippen LogP contribution in [0.15, 0.2) is 28.7 Å². The third-order valence-corrected chi connectivity index (χ3v) is 3.80. The van der Waals surface area contributed by atoms with E-state index in [9.17, 15) is 4.79 Å². The Morgan fingerprint density at radius 1 is 1.45 bits per heavy atom. The molecule has 20 heavy (non-hydrogen) atoms. The maximum absolute atomic E-state index is 10.7. The monoisotopic (exact) mass is 304 g/mol. The topological polar surface area (TPSA) is 76.1 Å². The number of aromatic nitrogens is 1. The fourth-order valence-electron chi connectivity index (χ4n) is 1.69. The minimum Gasteiger partial charge on any atom is -0.442 e. The molecule has 0 unspecified atom stereocenters. The normalized spacial score (nSPS) is 10.4. The van der Waals surface area contributed by atoms with Gasteiger partial charge in [0, 0.05) is 0 Å². The van der Waals surface area contributed by atoms with Gasteiger partial charge in [0.05, 0.1) is 5.39 Å². The highest BCUT2D eigenvalue weighted by Gasteiger charge is 2.18. The number of fused-ring (bicyclic) bond motifs is 1. The number of rotatable bonds is 3. The molecule has 98 valence electrons. The van der Waals surface area contributed by atoms with Crippen molar-refractivity contribution in [3.63, 3.8) is 0 Å². The molecule has 0 bridgehead atoms. The number of furan rings is 1. The van der Waals surface area contributed by atoms with Crippen molar-refractivity contribution in [1.29, 1.82) is 5.26 Å². The van der Waals surface area contributed by atoms with E-state index in [0.717, 1.165) is 11.3 Å². The first kappa shape index (κ1) is 12.7. The van der Waals surface area contributed by atoms with Gasteiger partial charge >= 0.3 is 0 Å². The van der Waals surface area contributed by atoms with Gasteiger partial charge in [-0.05, 0) is 12.1 Å². The number of benzene rings is 1. The van der Waals surface area contributed by atoms with E-state index in [1.165, 1.54) is 0 Å². The lowest BCUT2D eigenvalue weighted by Gasteiger charge is -1.98. The van der Waals surface area contributed by atoms with Crippen LogP contribution in [0.2, 0.25) is 5.15 Å². The smallest absolute Gasteiger partial charge is 0.281 e. The molecule has 2 aromatic heterocycles. The van der Waals surface area contributed by atoms with Crippen LogP contribution < -0.4 is 4.74 Å². The molecule has 3 aromatic rings. The van der Waals surface area contributed by atoms with Crippen LogP contribution in [-0.4, -0.2) is 11.3 Å². The van der Waals surface area contributed by atoms with Crippen molar-refractivity contribution in [2.75, 3.05) is 0 Å². The van der Waals surface area contributed by atoms with Crippen molar-refractivity contribution in [1.82, 2.24) is 4.98 Å². The average molecular weight is 305 g/mol. The van der Waals surface area contributed by atoms with Crippen LogP contribution in [0.25, 0.3) is 11.0 Å². The summed E-state index contributed by atoms with van der Waals surface area (Å²) in [6.07, 6.45) is 0.603. The SMILES string of the molecule is N#Cc1oc2ccccc2c1Oc1nc(Cl)c(C=O)s1. The van der Waals surface area contributed by atoms with Crippen molar-refractivity contribution < 1.29 is 13.9 Å². The van der Waals surface area contributed by atoms with E-state index in [4.69, 9.17) is 26.0 Å². The van der Waals surface area contributed by atoms with Crippen LogP contribution in [0.5, 0.6) is 10.9 Å². The van der Waals surface area contributed by atoms with E-state index in [0.29, 0.717) is 17.3 Å². The summed E-state index contributed by atoms with van der Waals surface area (Å²) in [7, 11) is 0. The quantitative estimate of drug-likeness (QED) is 0.683. The second-order valence-corrected chi connectivity index (χ2v) is 5.07. The molecule has 0 fully saturated rings. The predicted molar refractivity (Wildman–Crippen MR) is 73.5 cm³/mol. The number of nitriles is 1. The first-order chi connectivity index (χ1) is 9.72. The lowest BCUT2D eigenvalue weighted by atomic mass is 10.2. The minimum atomic E-state index is 0.0465. The van der Waals surface area contributed by atoms with Gasteiger partial charge in [-0.25, -0.2) is 0 Å². The van der Waals surface area contributed by atoms with Gasteiger partial charge in [0.15, 0.2) is 17.2 Å². The molecule has 5 nitrogen and oxygen atoms in total. The largest absolute Gasteiger partial charge is 0.442 e. The number of halogens is 1. The molecular formula is C13H5ClN2O3S. The second kappa shape index (κ2) is 4.96. The highest BCUT2D eigenvalue weighted by atomic mass is 35.5. The number of hydrogen-bond acceptors (Lipinski definition) is 6. The van der Waals surface area contributed by atoms with Crippen molar-refractivity contribution >= 4 is 40.2 Å². The molecule has 1 aromatic carbocycles. The molecule has 3 rings (SSSR count). The van der Waals surface area contributed by atoms with Crippen LogP contribution in [0.3, 0.4) is 0 Å². The average Bonchev–Trinajstić information content (AvgIpc) is 3.00. The van der Waals surface area contributed by atoms with Crippen molar-refractivity contribution in [3.05, 3.63) is 40.1 Å². The van der Waals surface area contributed by atoms with Gasteiger partial charge < -0.3 is 9.15 Å². The highest BCUT2D eigenvalue weighted by Crippen LogP contribution is 2.38. The van der Waals surface area contributed by atoms with E-state index >= 15 is 0 Å². The zero-order valence-electron chi connectivity index (χ0n) is 9.79. The molecule has 0 aliphatic heterocycles. The molecule has 0 radical (unpaired) electrons. The van der Waals surface area contributed by atoms with E-state index in [1.54, 1.807) is 24.3 Å². The van der Waals surface area contributed by atoms with Crippen LogP contribution >= 0.6 is 22.9 Å². The molecular weight excluding hydrogens is 300 g/mol. The molecule has 0 amide bonds. The number of thiazole rings is 1. The second-order valence-electron chi connectivity index (χ2n) is 3.72. The Kier molecular flexibility index (Phi) is 3.14. The predicted octanol–water partition coefficient (Wildman–Crippen LogP) is 4.02. The molecule has 2 heterocycles. The van der Waals surface area contributed by atoms with Crippen LogP contribution in [0, 0.1) is 11.3 Å². The van der Waals surface area contributed by atoms with Crippen LogP contribution in [-0.2, 0) is 0 Å². The summed E-state index contributed by atoms with van der Waals surface area (Å²) in [6.45, 7) is 0. The third kappa shape index (κ3) is 2.03. The van der Waals surface area contributed by atoms with E-state index < -0.39 is 0 Å². The third-order valence-electron chi connectivity index (χ3n) is 2.54. The zero-order chi connectivity index (χ0) is 14.1. The standard InChI is InChI=1S/C13H5ClN2O3S/c14-12-10(6-17)20-13(16-12)19-11-7-3-1-2-4-8(7)18-9(11)5-15/h1-4,6H. The Balaban J connectivity index is 2.09. The number of para-hydroxylation sites is 1. The number of aldehydes is 1. The summed E-state index contributed by atoms with van der Waals surface area (Å²) in [5.74, 6) is 0.316. The van der Waals surface area contributed by atoms with Crippen molar-refractivity contribution in [3.8, 4) is 17.0 Å². The summed E-state index contributed by atoms with van der Waals surface area (Å²) in [4.78, 5) is 14.9. The van der Waals surface area contributed by atoms with Crippen LogP contribution in [0.1, 0.15) is 15.4 Å². The molecule has 0 N–H and O–H groups in total. The Morgan fingerprint density at radius 2 is 2.25 bits per heavy atom. The van der Waals surface area contributed by atoms with Crippen LogP contribution in [0.4, 0.5) is 0 Å². The summed E-state index contributed by atoms with van der Waals surface area (Å²) >= 11 is 6.78. The molecule has 0 spiro atoms. The molecule has 0 aliphatic carbocycles. The number of carbonyl (C=O) groups is 1. The van der Waals surface area contributed by atoms with Gasteiger partial charge in [0.1, 0.15) is 16.5 Å². The maximum atomic E-state index is 10.7. The van der Waals surface area contributed by atoms with Gasteiger partial charge in [-0.15, -0.1) is 0 Å². The lowest BCUT2D eigenvalue weighted by Crippen LogP contribution is -1.84. The van der Waals surface area contributed by atoms with Gasteiger partial charge in [-0.2, -0.15) is 10.2 Å². The Morgan fingerprint density at radius 3 is 2.95 bits per heavy atom. The van der Waals surface area contributed by atoms with Crippen molar-refractivity contribution in [2.45, 2.75) is 0 Å². The van der Waals surface area contributed by atoms with E-state index in [2.05, 4.69) is 4.98 Å². The molecule has 0 saturated carbocycles. The fraction of sp³-hybridized carbons (Fsp3) is 0. The molecule has 0 atom stereocenters. The lowest BCUT2D eigenvalue weighted by molar-refractivity contribution is 0.112. The van der Waals surface area contributed by atoms with E-state index in [-0.39, 0.29) is 26.7 Å². The van der Waals surface area contributed by atoms with Crippen molar-refractivity contribution in [2.24, 2.45) is 0 Å². The van der Waals surface area contributed by atoms with E-state index in [1.807, 2.05) is 6.07 Å². The first-order valence-corrected chi connectivity index (χ1v) is 6.63. The summed E-state index contributed by atoms with van der Waals surface area (Å²) in [5, 5.41) is 9.99. The fourth-order valence-corrected chi connectivity index (χ4v) is 2.61. The zero-order valence-corrected chi connectivity index (χ0v) is 11.4. The maximum Gasteiger partial charge on any atom is 0.281 e. The first-order valence-electron chi connectivity index (χ1n) is 5.44. The highest BCUT2D eigenvalue weighted by molar-refractivity contribution is 7.15. The molecule has 0 saturated heterocycles. The summed E-state index contributed by atoms with van der Waals surface area (Å²) < 4.78 is 10.9. The number of nitrogens with zero attached hydrogens (tertiary/aromatic N) is 2. The minimum absolute atomic E-state index is 0.0465. The van der Waals surface area contributed by atoms with Gasteiger partial charge in [-0.3, -0.25) is 4.79 Å². The van der Waals surface area contributed by atoms with Gasteiger partial charge in [0.25, 0.3) is 5.19 Å². The molecule has 0 aliphatic rings. The van der Waals surface area contributed by atoms with Gasteiger partial charge in [-0.1, -0.05) is 35.1 Å². The Bertz CT molecular complexity index is 847. The molecule has 7 heteroatoms. The number of carbonyl (C=O) groups excluding carboxylic acids is 1. The summed E-state index contributed by atoms with van der Waals surface area (Å²) in [6, 6.07) is 9.02. The Hall–Kier alpha value is -2.36.